The van der Waals surface area contributed by atoms with Crippen LogP contribution in [0.25, 0.3) is 0 Å². The number of aryl methyl sites for hydroxylation is 1. The van der Waals surface area contributed by atoms with Crippen molar-refractivity contribution in [3.8, 4) is 6.07 Å². The summed E-state index contributed by atoms with van der Waals surface area (Å²) in [6.07, 6.45) is 0.220. The molecule has 72 valence electrons. The largest absolute Gasteiger partial charge is 0.469 e. The molecule has 0 aliphatic carbocycles. The molecule has 3 nitrogen and oxygen atoms in total. The van der Waals surface area contributed by atoms with Gasteiger partial charge in [-0.2, -0.15) is 5.26 Å². The average Bonchev–Trinajstić information content (AvgIpc) is 2.21. The summed E-state index contributed by atoms with van der Waals surface area (Å²) < 4.78 is 4.56. The summed E-state index contributed by atoms with van der Waals surface area (Å²) in [5.74, 6) is -0.289. The van der Waals surface area contributed by atoms with Gasteiger partial charge >= 0.3 is 5.97 Å². The molecule has 0 aliphatic rings. The third-order valence-electron chi connectivity index (χ3n) is 2.04. The van der Waals surface area contributed by atoms with Gasteiger partial charge in [-0.3, -0.25) is 4.79 Å². The summed E-state index contributed by atoms with van der Waals surface area (Å²) in [5.41, 5.74) is 2.40. The molecule has 0 saturated carbocycles. The van der Waals surface area contributed by atoms with Crippen LogP contribution in [0.3, 0.4) is 0 Å². The van der Waals surface area contributed by atoms with E-state index in [0.717, 1.165) is 11.1 Å². The van der Waals surface area contributed by atoms with Gasteiger partial charge in [0.25, 0.3) is 0 Å². The standard InChI is InChI=1S/C11H11NO2/c1-8-3-4-9(7-12)5-10(8)6-11(13)14-2/h3-5H,6H2,1-2H3. The number of hydrogen-bond donors (Lipinski definition) is 0. The predicted octanol–water partition coefficient (Wildman–Crippen LogP) is 1.58. The molecule has 0 N–H and O–H groups in total. The molecular formula is C11H11NO2. The van der Waals surface area contributed by atoms with E-state index in [0.29, 0.717) is 5.56 Å². The Morgan fingerprint density at radius 1 is 1.57 bits per heavy atom. The molecule has 1 rings (SSSR count). The van der Waals surface area contributed by atoms with Crippen LogP contribution in [0.2, 0.25) is 0 Å². The molecule has 0 heterocycles. The molecule has 14 heavy (non-hydrogen) atoms. The maximum absolute atomic E-state index is 11.0. The van der Waals surface area contributed by atoms with Gasteiger partial charge in [-0.05, 0) is 30.2 Å². The number of rotatable bonds is 2. The lowest BCUT2D eigenvalue weighted by Crippen LogP contribution is -2.05. The normalized spacial score (nSPS) is 9.21. The molecular weight excluding hydrogens is 178 g/mol. The Hall–Kier alpha value is -1.82. The molecule has 0 amide bonds. The van der Waals surface area contributed by atoms with Crippen molar-refractivity contribution in [1.82, 2.24) is 0 Å². The molecule has 0 spiro atoms. The number of nitriles is 1. The molecule has 0 unspecified atom stereocenters. The number of carbonyl (C=O) groups excluding carboxylic acids is 1. The van der Waals surface area contributed by atoms with E-state index in [9.17, 15) is 4.79 Å². The van der Waals surface area contributed by atoms with Crippen LogP contribution in [0.15, 0.2) is 18.2 Å². The average molecular weight is 189 g/mol. The number of benzene rings is 1. The molecule has 0 fully saturated rings. The van der Waals surface area contributed by atoms with Gasteiger partial charge in [-0.1, -0.05) is 6.07 Å². The van der Waals surface area contributed by atoms with Gasteiger partial charge in [0, 0.05) is 0 Å². The summed E-state index contributed by atoms with van der Waals surface area (Å²) in [6.45, 7) is 1.90. The monoisotopic (exact) mass is 189 g/mol. The Morgan fingerprint density at radius 2 is 2.29 bits per heavy atom. The van der Waals surface area contributed by atoms with Crippen LogP contribution in [0.4, 0.5) is 0 Å². The number of nitrogens with zero attached hydrogens (tertiary/aromatic N) is 1. The number of ether oxygens (including phenoxy) is 1. The molecule has 1 aromatic rings. The van der Waals surface area contributed by atoms with Crippen molar-refractivity contribution in [3.05, 3.63) is 34.9 Å². The van der Waals surface area contributed by atoms with Crippen LogP contribution in [-0.2, 0) is 16.0 Å². The molecule has 0 aromatic heterocycles. The smallest absolute Gasteiger partial charge is 0.309 e. The van der Waals surface area contributed by atoms with Gasteiger partial charge in [0.15, 0.2) is 0 Å². The first-order valence-corrected chi connectivity index (χ1v) is 4.24. The van der Waals surface area contributed by atoms with Crippen molar-refractivity contribution in [2.75, 3.05) is 7.11 Å². The second-order valence-electron chi connectivity index (χ2n) is 3.01. The third-order valence-corrected chi connectivity index (χ3v) is 2.04. The summed E-state index contributed by atoms with van der Waals surface area (Å²) in [7, 11) is 1.35. The third kappa shape index (κ3) is 2.33. The summed E-state index contributed by atoms with van der Waals surface area (Å²) in [5, 5.41) is 8.68. The highest BCUT2D eigenvalue weighted by Gasteiger charge is 2.06. The van der Waals surface area contributed by atoms with Crippen LogP contribution in [0.1, 0.15) is 16.7 Å². The zero-order valence-electron chi connectivity index (χ0n) is 8.20. The molecule has 0 atom stereocenters. The summed E-state index contributed by atoms with van der Waals surface area (Å²) in [6, 6.07) is 7.31. The van der Waals surface area contributed by atoms with Gasteiger partial charge < -0.3 is 4.74 Å². The van der Waals surface area contributed by atoms with E-state index in [-0.39, 0.29) is 12.4 Å². The highest BCUT2D eigenvalue weighted by molar-refractivity contribution is 5.73. The first-order chi connectivity index (χ1) is 6.67. The van der Waals surface area contributed by atoms with Crippen LogP contribution in [0, 0.1) is 18.3 Å². The fraction of sp³-hybridized carbons (Fsp3) is 0.273. The number of esters is 1. The minimum atomic E-state index is -0.289. The van der Waals surface area contributed by atoms with Crippen molar-refractivity contribution in [1.29, 1.82) is 5.26 Å². The van der Waals surface area contributed by atoms with E-state index in [1.54, 1.807) is 12.1 Å². The quantitative estimate of drug-likeness (QED) is 0.664. The Balaban J connectivity index is 2.96. The first-order valence-electron chi connectivity index (χ1n) is 4.24. The molecule has 1 aromatic carbocycles. The second kappa shape index (κ2) is 4.43. The fourth-order valence-corrected chi connectivity index (χ4v) is 1.16. The van der Waals surface area contributed by atoms with Crippen LogP contribution < -0.4 is 0 Å². The van der Waals surface area contributed by atoms with Gasteiger partial charge in [0.1, 0.15) is 0 Å². The van der Waals surface area contributed by atoms with Crippen LogP contribution in [-0.4, -0.2) is 13.1 Å². The molecule has 3 heteroatoms. The minimum Gasteiger partial charge on any atom is -0.469 e. The van der Waals surface area contributed by atoms with E-state index in [2.05, 4.69) is 4.74 Å². The topological polar surface area (TPSA) is 50.1 Å². The summed E-state index contributed by atoms with van der Waals surface area (Å²) >= 11 is 0. The zero-order chi connectivity index (χ0) is 10.6. The maximum Gasteiger partial charge on any atom is 0.309 e. The SMILES string of the molecule is COC(=O)Cc1cc(C#N)ccc1C. The Labute approximate surface area is 82.9 Å². The lowest BCUT2D eigenvalue weighted by Gasteiger charge is -2.04. The number of methoxy groups -OCH3 is 1. The van der Waals surface area contributed by atoms with Crippen LogP contribution in [0.5, 0.6) is 0 Å². The Morgan fingerprint density at radius 3 is 2.86 bits per heavy atom. The highest BCUT2D eigenvalue weighted by Crippen LogP contribution is 2.11. The molecule has 0 aliphatic heterocycles. The van der Waals surface area contributed by atoms with Crippen molar-refractivity contribution in [2.24, 2.45) is 0 Å². The van der Waals surface area contributed by atoms with Gasteiger partial charge in [0.2, 0.25) is 0 Å². The van der Waals surface area contributed by atoms with E-state index >= 15 is 0 Å². The minimum absolute atomic E-state index is 0.220. The predicted molar refractivity (Wildman–Crippen MR) is 51.6 cm³/mol. The zero-order valence-corrected chi connectivity index (χ0v) is 8.20. The second-order valence-corrected chi connectivity index (χ2v) is 3.01. The van der Waals surface area contributed by atoms with Gasteiger partial charge in [0.05, 0.1) is 25.2 Å². The van der Waals surface area contributed by atoms with E-state index in [1.165, 1.54) is 7.11 Å². The summed E-state index contributed by atoms with van der Waals surface area (Å²) in [4.78, 5) is 11.0. The lowest BCUT2D eigenvalue weighted by molar-refractivity contribution is -0.139. The van der Waals surface area contributed by atoms with Crippen molar-refractivity contribution >= 4 is 5.97 Å². The van der Waals surface area contributed by atoms with Gasteiger partial charge in [-0.15, -0.1) is 0 Å². The maximum atomic E-state index is 11.0. The van der Waals surface area contributed by atoms with Crippen molar-refractivity contribution in [2.45, 2.75) is 13.3 Å². The van der Waals surface area contributed by atoms with Crippen molar-refractivity contribution in [3.63, 3.8) is 0 Å². The highest BCUT2D eigenvalue weighted by atomic mass is 16.5. The van der Waals surface area contributed by atoms with Crippen molar-refractivity contribution < 1.29 is 9.53 Å². The molecule has 0 saturated heterocycles. The van der Waals surface area contributed by atoms with E-state index in [1.807, 2.05) is 19.1 Å². The fourth-order valence-electron chi connectivity index (χ4n) is 1.16. The Bertz CT molecular complexity index is 391. The lowest BCUT2D eigenvalue weighted by atomic mass is 10.0. The van der Waals surface area contributed by atoms with Gasteiger partial charge in [-0.25, -0.2) is 0 Å². The van der Waals surface area contributed by atoms with Crippen LogP contribution >= 0.6 is 0 Å². The number of carbonyl (C=O) groups is 1. The molecule has 0 bridgehead atoms. The first kappa shape index (κ1) is 10.3. The molecule has 0 radical (unpaired) electrons. The Kier molecular flexibility index (Phi) is 3.24. The number of hydrogen-bond acceptors (Lipinski definition) is 3. The van der Waals surface area contributed by atoms with E-state index in [4.69, 9.17) is 5.26 Å². The van der Waals surface area contributed by atoms with E-state index < -0.39 is 0 Å².